The Bertz CT molecular complexity index is 520. The van der Waals surface area contributed by atoms with Gasteiger partial charge in [-0.3, -0.25) is 4.79 Å². The molecule has 1 spiro atoms. The summed E-state index contributed by atoms with van der Waals surface area (Å²) in [6, 6.07) is 5.54. The van der Waals surface area contributed by atoms with Crippen LogP contribution in [0.3, 0.4) is 0 Å². The van der Waals surface area contributed by atoms with Crippen LogP contribution in [0.2, 0.25) is 0 Å². The van der Waals surface area contributed by atoms with Gasteiger partial charge in [0.2, 0.25) is 0 Å². The second-order valence-electron chi connectivity index (χ2n) is 5.96. The van der Waals surface area contributed by atoms with E-state index in [9.17, 15) is 4.79 Å². The van der Waals surface area contributed by atoms with E-state index in [1.165, 1.54) is 0 Å². The van der Waals surface area contributed by atoms with Gasteiger partial charge in [-0.25, -0.2) is 0 Å². The lowest BCUT2D eigenvalue weighted by molar-refractivity contribution is -0.0920. The molecule has 4 heteroatoms. The molecule has 0 bridgehead atoms. The number of hydrogen-bond acceptors (Lipinski definition) is 4. The Morgan fingerprint density at radius 1 is 1.40 bits per heavy atom. The van der Waals surface area contributed by atoms with Crippen LogP contribution in [0.25, 0.3) is 0 Å². The predicted octanol–water partition coefficient (Wildman–Crippen LogP) is 2.35. The van der Waals surface area contributed by atoms with Gasteiger partial charge in [0.25, 0.3) is 0 Å². The second-order valence-corrected chi connectivity index (χ2v) is 5.96. The van der Waals surface area contributed by atoms with Gasteiger partial charge >= 0.3 is 0 Å². The van der Waals surface area contributed by atoms with Gasteiger partial charge < -0.3 is 15.2 Å². The fourth-order valence-corrected chi connectivity index (χ4v) is 3.18. The number of rotatable bonds is 2. The molecule has 2 aliphatic heterocycles. The topological polar surface area (TPSA) is 61.5 Å². The Labute approximate surface area is 119 Å². The molecular weight excluding hydrogens is 254 g/mol. The van der Waals surface area contributed by atoms with Crippen molar-refractivity contribution < 1.29 is 14.3 Å². The van der Waals surface area contributed by atoms with Crippen LogP contribution in [0, 0.1) is 12.8 Å². The van der Waals surface area contributed by atoms with Gasteiger partial charge in [-0.2, -0.15) is 0 Å². The molecule has 0 saturated carbocycles. The summed E-state index contributed by atoms with van der Waals surface area (Å²) >= 11 is 0. The fraction of sp³-hybridized carbons (Fsp3) is 0.562. The fourth-order valence-electron chi connectivity index (χ4n) is 3.18. The van der Waals surface area contributed by atoms with E-state index in [1.807, 2.05) is 25.1 Å². The Kier molecular flexibility index (Phi) is 3.52. The van der Waals surface area contributed by atoms with Gasteiger partial charge in [-0.15, -0.1) is 0 Å². The highest BCUT2D eigenvalue weighted by Crippen LogP contribution is 2.37. The summed E-state index contributed by atoms with van der Waals surface area (Å²) in [5, 5.41) is 0. The minimum absolute atomic E-state index is 0.0356. The minimum atomic E-state index is -0.221. The molecule has 0 radical (unpaired) electrons. The van der Waals surface area contributed by atoms with Gasteiger partial charge in [0.1, 0.15) is 0 Å². The molecule has 2 N–H and O–H groups in total. The van der Waals surface area contributed by atoms with Gasteiger partial charge in [0, 0.05) is 36.8 Å². The molecule has 2 aliphatic rings. The van der Waals surface area contributed by atoms with Crippen molar-refractivity contribution in [3.63, 3.8) is 0 Å². The molecular formula is C16H21NO3. The van der Waals surface area contributed by atoms with Crippen LogP contribution >= 0.6 is 0 Å². The molecule has 4 nitrogen and oxygen atoms in total. The monoisotopic (exact) mass is 275 g/mol. The van der Waals surface area contributed by atoms with E-state index in [1.54, 1.807) is 0 Å². The largest absolute Gasteiger partial charge is 0.399 e. The highest BCUT2D eigenvalue weighted by atomic mass is 16.6. The Morgan fingerprint density at radius 2 is 2.25 bits per heavy atom. The van der Waals surface area contributed by atoms with Crippen LogP contribution in [-0.2, 0) is 9.47 Å². The lowest BCUT2D eigenvalue weighted by Crippen LogP contribution is -2.42. The Balaban J connectivity index is 1.77. The van der Waals surface area contributed by atoms with Gasteiger partial charge in [0.05, 0.1) is 12.2 Å². The number of carbonyl (C=O) groups excluding carboxylic acids is 1. The average Bonchev–Trinajstić information content (AvgIpc) is 2.89. The normalized spacial score (nSPS) is 29.8. The number of Topliss-reactive ketones (excluding diaryl/α,β-unsaturated/α-hetero) is 1. The van der Waals surface area contributed by atoms with E-state index < -0.39 is 0 Å². The van der Waals surface area contributed by atoms with E-state index in [2.05, 4.69) is 0 Å². The van der Waals surface area contributed by atoms with Crippen LogP contribution in [0.4, 0.5) is 5.69 Å². The quantitative estimate of drug-likeness (QED) is 0.665. The molecule has 1 aromatic rings. The van der Waals surface area contributed by atoms with Crippen LogP contribution < -0.4 is 5.73 Å². The van der Waals surface area contributed by atoms with Crippen molar-refractivity contribution in [2.75, 3.05) is 25.6 Å². The maximum Gasteiger partial charge on any atom is 0.166 e. The number of anilines is 1. The van der Waals surface area contributed by atoms with Crippen molar-refractivity contribution in [1.82, 2.24) is 0 Å². The highest BCUT2D eigenvalue weighted by molar-refractivity contribution is 5.98. The minimum Gasteiger partial charge on any atom is -0.399 e. The molecule has 2 saturated heterocycles. The first-order valence-electron chi connectivity index (χ1n) is 7.22. The maximum absolute atomic E-state index is 12.7. The van der Waals surface area contributed by atoms with Crippen LogP contribution in [0.5, 0.6) is 0 Å². The van der Waals surface area contributed by atoms with E-state index in [0.717, 1.165) is 42.7 Å². The third-order valence-electron chi connectivity index (χ3n) is 4.49. The van der Waals surface area contributed by atoms with Crippen LogP contribution in [-0.4, -0.2) is 31.2 Å². The van der Waals surface area contributed by atoms with Crippen molar-refractivity contribution in [2.24, 2.45) is 5.92 Å². The molecule has 0 aromatic heterocycles. The standard InChI is InChI=1S/C16H21NO3/c1-11-8-12(2-3-14(11)17)15(18)13-4-6-20-16(9-13)5-7-19-10-16/h2-3,8,13H,4-7,9-10,17H2,1H3. The Morgan fingerprint density at radius 3 is 2.95 bits per heavy atom. The van der Waals surface area contributed by atoms with Crippen molar-refractivity contribution in [1.29, 1.82) is 0 Å². The summed E-state index contributed by atoms with van der Waals surface area (Å²) in [5.74, 6) is 0.246. The summed E-state index contributed by atoms with van der Waals surface area (Å²) in [4.78, 5) is 12.7. The zero-order chi connectivity index (χ0) is 14.2. The van der Waals surface area contributed by atoms with E-state index in [-0.39, 0.29) is 17.3 Å². The number of aryl methyl sites for hydroxylation is 1. The number of nitrogens with two attached hydrogens (primary N) is 1. The summed E-state index contributed by atoms with van der Waals surface area (Å²) in [6.07, 6.45) is 2.47. The summed E-state index contributed by atoms with van der Waals surface area (Å²) in [7, 11) is 0. The number of benzene rings is 1. The third kappa shape index (κ3) is 2.45. The number of hydrogen-bond donors (Lipinski definition) is 1. The number of ketones is 1. The molecule has 0 aliphatic carbocycles. The average molecular weight is 275 g/mol. The van der Waals surface area contributed by atoms with Crippen molar-refractivity contribution >= 4 is 11.5 Å². The molecule has 20 heavy (non-hydrogen) atoms. The van der Waals surface area contributed by atoms with Crippen molar-refractivity contribution in [3.8, 4) is 0 Å². The molecule has 2 unspecified atom stereocenters. The number of carbonyl (C=O) groups is 1. The molecule has 2 fully saturated rings. The second kappa shape index (κ2) is 5.19. The Hall–Kier alpha value is -1.39. The van der Waals surface area contributed by atoms with Gasteiger partial charge in [-0.05, 0) is 43.5 Å². The first-order valence-corrected chi connectivity index (χ1v) is 7.22. The van der Waals surface area contributed by atoms with Gasteiger partial charge in [-0.1, -0.05) is 0 Å². The third-order valence-corrected chi connectivity index (χ3v) is 4.49. The predicted molar refractivity (Wildman–Crippen MR) is 76.8 cm³/mol. The first-order chi connectivity index (χ1) is 9.60. The molecule has 0 amide bonds. The maximum atomic E-state index is 12.7. The number of nitrogen functional groups attached to an aromatic ring is 1. The molecule has 3 rings (SSSR count). The molecule has 2 heterocycles. The number of ether oxygens (including phenoxy) is 2. The van der Waals surface area contributed by atoms with Crippen molar-refractivity contribution in [3.05, 3.63) is 29.3 Å². The molecule has 2 atom stereocenters. The summed E-state index contributed by atoms with van der Waals surface area (Å²) in [5.41, 5.74) is 8.05. The van der Waals surface area contributed by atoms with Crippen LogP contribution in [0.1, 0.15) is 35.2 Å². The highest BCUT2D eigenvalue weighted by Gasteiger charge is 2.43. The first kappa shape index (κ1) is 13.6. The lowest BCUT2D eigenvalue weighted by atomic mass is 9.81. The molecule has 1 aromatic carbocycles. The van der Waals surface area contributed by atoms with E-state index in [0.29, 0.717) is 13.2 Å². The molecule has 108 valence electrons. The summed E-state index contributed by atoms with van der Waals surface area (Å²) < 4.78 is 11.3. The summed E-state index contributed by atoms with van der Waals surface area (Å²) in [6.45, 7) is 3.94. The van der Waals surface area contributed by atoms with Crippen LogP contribution in [0.15, 0.2) is 18.2 Å². The smallest absolute Gasteiger partial charge is 0.166 e. The zero-order valence-electron chi connectivity index (χ0n) is 11.9. The van der Waals surface area contributed by atoms with E-state index >= 15 is 0 Å². The SMILES string of the molecule is Cc1cc(C(=O)C2CCOC3(CCOC3)C2)ccc1N. The van der Waals surface area contributed by atoms with Gasteiger partial charge in [0.15, 0.2) is 5.78 Å². The zero-order valence-corrected chi connectivity index (χ0v) is 11.9. The van der Waals surface area contributed by atoms with Crippen molar-refractivity contribution in [2.45, 2.75) is 31.8 Å². The lowest BCUT2D eigenvalue weighted by Gasteiger charge is -2.36. The van der Waals surface area contributed by atoms with E-state index in [4.69, 9.17) is 15.2 Å².